The van der Waals surface area contributed by atoms with Gasteiger partial charge in [-0.1, -0.05) is 0 Å². The van der Waals surface area contributed by atoms with Gasteiger partial charge in [0.25, 0.3) is 5.56 Å². The number of nitrogens with one attached hydrogen (secondary N) is 1. The second kappa shape index (κ2) is 5.19. The summed E-state index contributed by atoms with van der Waals surface area (Å²) >= 11 is 0. The van der Waals surface area contributed by atoms with E-state index in [-0.39, 0.29) is 17.3 Å². The molecule has 104 valence electrons. The first-order valence-corrected chi connectivity index (χ1v) is 6.15. The number of carbonyl (C=O) groups is 1. The molecule has 0 unspecified atom stereocenters. The van der Waals surface area contributed by atoms with E-state index in [4.69, 9.17) is 0 Å². The summed E-state index contributed by atoms with van der Waals surface area (Å²) in [6, 6.07) is 1.33. The predicted molar refractivity (Wildman–Crippen MR) is 63.0 cm³/mol. The van der Waals surface area contributed by atoms with Gasteiger partial charge in [0.1, 0.15) is 5.78 Å². The maximum absolute atomic E-state index is 12.3. The Kier molecular flexibility index (Phi) is 3.78. The van der Waals surface area contributed by atoms with Gasteiger partial charge in [0.05, 0.1) is 6.42 Å². The molecule has 0 bridgehead atoms. The lowest BCUT2D eigenvalue weighted by atomic mass is 9.84. The minimum Gasteiger partial charge on any atom is -0.329 e. The number of halogens is 3. The molecule has 0 aromatic carbocycles. The van der Waals surface area contributed by atoms with Crippen LogP contribution in [-0.2, 0) is 11.2 Å². The molecule has 0 spiro atoms. The van der Waals surface area contributed by atoms with E-state index < -0.39 is 18.2 Å². The van der Waals surface area contributed by atoms with Gasteiger partial charge < -0.3 is 4.98 Å². The van der Waals surface area contributed by atoms with Gasteiger partial charge in [-0.25, -0.2) is 0 Å². The number of H-pyrrole nitrogens is 1. The van der Waals surface area contributed by atoms with Crippen LogP contribution in [0, 0.1) is 0 Å². The van der Waals surface area contributed by atoms with Crippen molar-refractivity contribution in [1.82, 2.24) is 4.98 Å². The van der Waals surface area contributed by atoms with Crippen LogP contribution in [0.5, 0.6) is 0 Å². The van der Waals surface area contributed by atoms with E-state index in [2.05, 4.69) is 4.98 Å². The van der Waals surface area contributed by atoms with Crippen LogP contribution in [0.3, 0.4) is 0 Å². The average Bonchev–Trinajstić information content (AvgIpc) is 2.31. The summed E-state index contributed by atoms with van der Waals surface area (Å²) in [5.41, 5.74) is -0.277. The van der Waals surface area contributed by atoms with Gasteiger partial charge >= 0.3 is 6.18 Å². The number of ketones is 1. The lowest BCUT2D eigenvalue weighted by Crippen LogP contribution is -2.22. The Labute approximate surface area is 107 Å². The van der Waals surface area contributed by atoms with Crippen molar-refractivity contribution in [1.29, 1.82) is 0 Å². The molecular weight excluding hydrogens is 259 g/mol. The monoisotopic (exact) mass is 273 g/mol. The number of hydrogen-bond acceptors (Lipinski definition) is 2. The molecule has 1 N–H and O–H groups in total. The molecule has 1 fully saturated rings. The zero-order valence-electron chi connectivity index (χ0n) is 10.2. The normalized spacial score (nSPS) is 17.7. The van der Waals surface area contributed by atoms with Crippen LogP contribution >= 0.6 is 0 Å². The highest BCUT2D eigenvalue weighted by Gasteiger charge is 2.30. The predicted octanol–water partition coefficient (Wildman–Crippen LogP) is 2.71. The molecular formula is C13H14F3NO2. The highest BCUT2D eigenvalue weighted by atomic mass is 19.4. The van der Waals surface area contributed by atoms with Crippen LogP contribution < -0.4 is 5.56 Å². The fourth-order valence-electron chi connectivity index (χ4n) is 2.41. The van der Waals surface area contributed by atoms with E-state index in [0.717, 1.165) is 0 Å². The molecule has 0 aliphatic heterocycles. The molecule has 1 aliphatic carbocycles. The molecule has 1 heterocycles. The lowest BCUT2D eigenvalue weighted by molar-refractivity contribution is -0.127. The number of pyridine rings is 1. The Balaban J connectivity index is 2.21. The molecule has 1 saturated carbocycles. The summed E-state index contributed by atoms with van der Waals surface area (Å²) in [6.45, 7) is 0. The van der Waals surface area contributed by atoms with Gasteiger partial charge in [-0.15, -0.1) is 0 Å². The second-order valence-electron chi connectivity index (χ2n) is 4.89. The lowest BCUT2D eigenvalue weighted by Gasteiger charge is -2.21. The quantitative estimate of drug-likeness (QED) is 0.900. The number of rotatable bonds is 2. The zero-order chi connectivity index (χ0) is 14.0. The molecule has 3 nitrogen and oxygen atoms in total. The molecule has 0 atom stereocenters. The Morgan fingerprint density at radius 1 is 1.21 bits per heavy atom. The van der Waals surface area contributed by atoms with E-state index in [1.165, 1.54) is 12.3 Å². The van der Waals surface area contributed by atoms with E-state index >= 15 is 0 Å². The van der Waals surface area contributed by atoms with Crippen molar-refractivity contribution in [2.45, 2.75) is 44.2 Å². The smallest absolute Gasteiger partial charge is 0.329 e. The van der Waals surface area contributed by atoms with Crippen molar-refractivity contribution < 1.29 is 18.0 Å². The van der Waals surface area contributed by atoms with Crippen LogP contribution in [0.4, 0.5) is 13.2 Å². The number of aromatic nitrogens is 1. The van der Waals surface area contributed by atoms with Crippen LogP contribution in [0.2, 0.25) is 0 Å². The first-order valence-electron chi connectivity index (χ1n) is 6.15. The molecule has 0 amide bonds. The number of aromatic amines is 1. The van der Waals surface area contributed by atoms with Gasteiger partial charge in [-0.3, -0.25) is 9.59 Å². The van der Waals surface area contributed by atoms with Crippen LogP contribution in [0.1, 0.15) is 42.7 Å². The van der Waals surface area contributed by atoms with Gasteiger partial charge in [0.15, 0.2) is 0 Å². The molecule has 1 aromatic heterocycles. The van der Waals surface area contributed by atoms with Crippen molar-refractivity contribution in [3.8, 4) is 0 Å². The van der Waals surface area contributed by atoms with Crippen LogP contribution in [-0.4, -0.2) is 16.9 Å². The Hall–Kier alpha value is -1.59. The summed E-state index contributed by atoms with van der Waals surface area (Å²) in [7, 11) is 0. The molecule has 1 aromatic rings. The maximum Gasteiger partial charge on any atom is 0.393 e. The molecule has 1 aliphatic rings. The SMILES string of the molecule is O=C1CCC(c2c[nH]c(=O)c(CC(F)(F)F)c2)CC1. The number of carbonyl (C=O) groups excluding carboxylic acids is 1. The first-order chi connectivity index (χ1) is 8.85. The zero-order valence-corrected chi connectivity index (χ0v) is 10.2. The Morgan fingerprint density at radius 2 is 1.84 bits per heavy atom. The van der Waals surface area contributed by atoms with E-state index in [1.54, 1.807) is 0 Å². The highest BCUT2D eigenvalue weighted by molar-refractivity contribution is 5.79. The molecule has 6 heteroatoms. The minimum absolute atomic E-state index is 0.0570. The van der Waals surface area contributed by atoms with Crippen LogP contribution in [0.15, 0.2) is 17.1 Å². The highest BCUT2D eigenvalue weighted by Crippen LogP contribution is 2.31. The van der Waals surface area contributed by atoms with Gasteiger partial charge in [-0.05, 0) is 30.4 Å². The number of hydrogen-bond donors (Lipinski definition) is 1. The third-order valence-electron chi connectivity index (χ3n) is 3.41. The van der Waals surface area contributed by atoms with Crippen molar-refractivity contribution in [2.75, 3.05) is 0 Å². The summed E-state index contributed by atoms with van der Waals surface area (Å²) in [6.07, 6.45) is -1.97. The summed E-state index contributed by atoms with van der Waals surface area (Å²) in [4.78, 5) is 24.9. The van der Waals surface area contributed by atoms with Crippen molar-refractivity contribution >= 4 is 5.78 Å². The average molecular weight is 273 g/mol. The van der Waals surface area contributed by atoms with Crippen LogP contribution in [0.25, 0.3) is 0 Å². The second-order valence-corrected chi connectivity index (χ2v) is 4.89. The fourth-order valence-corrected chi connectivity index (χ4v) is 2.41. The van der Waals surface area contributed by atoms with Gasteiger partial charge in [-0.2, -0.15) is 13.2 Å². The fraction of sp³-hybridized carbons (Fsp3) is 0.538. The third-order valence-corrected chi connectivity index (χ3v) is 3.41. The number of Topliss-reactive ketones (excluding diaryl/α,β-unsaturated/α-hetero) is 1. The summed E-state index contributed by atoms with van der Waals surface area (Å²) < 4.78 is 37.0. The molecule has 0 radical (unpaired) electrons. The maximum atomic E-state index is 12.3. The molecule has 2 rings (SSSR count). The van der Waals surface area contributed by atoms with E-state index in [1.807, 2.05) is 0 Å². The minimum atomic E-state index is -4.39. The van der Waals surface area contributed by atoms with Gasteiger partial charge in [0.2, 0.25) is 0 Å². The van der Waals surface area contributed by atoms with E-state index in [9.17, 15) is 22.8 Å². The Morgan fingerprint density at radius 3 is 2.42 bits per heavy atom. The van der Waals surface area contributed by atoms with E-state index in [0.29, 0.717) is 31.2 Å². The standard InChI is InChI=1S/C13H14F3NO2/c14-13(15,16)6-9-5-10(7-17-12(9)19)8-1-3-11(18)4-2-8/h5,7-8H,1-4,6H2,(H,17,19). The van der Waals surface area contributed by atoms with Gasteiger partial charge in [0, 0.05) is 24.6 Å². The first kappa shape index (κ1) is 13.8. The molecule has 0 saturated heterocycles. The summed E-state index contributed by atoms with van der Waals surface area (Å²) in [5.74, 6) is 0.248. The number of alkyl halides is 3. The van der Waals surface area contributed by atoms with Crippen molar-refractivity contribution in [2.24, 2.45) is 0 Å². The van der Waals surface area contributed by atoms with Crippen molar-refractivity contribution in [3.05, 3.63) is 33.7 Å². The molecule has 19 heavy (non-hydrogen) atoms. The Bertz CT molecular complexity index is 523. The largest absolute Gasteiger partial charge is 0.393 e. The topological polar surface area (TPSA) is 49.9 Å². The summed E-state index contributed by atoms with van der Waals surface area (Å²) in [5, 5.41) is 0. The van der Waals surface area contributed by atoms with Crippen molar-refractivity contribution in [3.63, 3.8) is 0 Å². The third kappa shape index (κ3) is 3.68.